The highest BCUT2D eigenvalue weighted by molar-refractivity contribution is 8.00. The molecule has 0 bridgehead atoms. The minimum absolute atomic E-state index is 0.0181. The lowest BCUT2D eigenvalue weighted by Gasteiger charge is -2.36. The summed E-state index contributed by atoms with van der Waals surface area (Å²) in [5.41, 5.74) is 24.6. The maximum absolute atomic E-state index is 13.4. The number of halogens is 6. The summed E-state index contributed by atoms with van der Waals surface area (Å²) in [6.45, 7) is 32.3. The molecule has 8 aliphatic rings. The molecule has 2 amide bonds. The van der Waals surface area contributed by atoms with E-state index in [1.807, 2.05) is 78.9 Å². The molecule has 4 fully saturated rings. The summed E-state index contributed by atoms with van der Waals surface area (Å²) in [6.07, 6.45) is -0.328. The quantitative estimate of drug-likeness (QED) is 0.0191. The van der Waals surface area contributed by atoms with E-state index in [-0.39, 0.29) is 18.4 Å². The van der Waals surface area contributed by atoms with Crippen molar-refractivity contribution >= 4 is 110 Å². The van der Waals surface area contributed by atoms with E-state index in [0.717, 1.165) is 239 Å². The number of alkyl halides is 6. The van der Waals surface area contributed by atoms with Crippen molar-refractivity contribution in [3.63, 3.8) is 0 Å². The number of hydrogen-bond acceptors (Lipinski definition) is 19. The van der Waals surface area contributed by atoms with Gasteiger partial charge in [-0.2, -0.15) is 26.3 Å². The molecule has 4 saturated heterocycles. The van der Waals surface area contributed by atoms with Crippen LogP contribution in [0.5, 0.6) is 0 Å². The van der Waals surface area contributed by atoms with Crippen molar-refractivity contribution in [2.75, 3.05) is 190 Å². The van der Waals surface area contributed by atoms with Gasteiger partial charge in [-0.15, -0.1) is 0 Å². The topological polar surface area (TPSA) is 182 Å². The zero-order valence-corrected chi connectivity index (χ0v) is 69.0. The Labute approximate surface area is 695 Å². The molecule has 0 atom stereocenters. The first-order valence-corrected chi connectivity index (χ1v) is 43.9. The normalized spacial score (nSPS) is 17.0. The van der Waals surface area contributed by atoms with Gasteiger partial charge in [0.25, 0.3) is 0 Å². The maximum atomic E-state index is 13.4. The number of fused-ring (bicyclic) bond motifs is 8. The number of unbranched alkanes of at least 4 members (excludes halogenated alkanes) is 1. The van der Waals surface area contributed by atoms with Crippen LogP contribution in [0.2, 0.25) is 0 Å². The third kappa shape index (κ3) is 22.9. The largest absolute Gasteiger partial charge is 0.416 e. The van der Waals surface area contributed by atoms with Crippen molar-refractivity contribution in [3.05, 3.63) is 198 Å². The summed E-state index contributed by atoms with van der Waals surface area (Å²) < 4.78 is 79.9. The van der Waals surface area contributed by atoms with Crippen molar-refractivity contribution in [1.29, 1.82) is 0 Å². The molecule has 9 N–H and O–H groups in total. The second-order valence-corrected chi connectivity index (χ2v) is 34.4. The van der Waals surface area contributed by atoms with Gasteiger partial charge < -0.3 is 72.4 Å². The van der Waals surface area contributed by atoms with Crippen LogP contribution in [-0.4, -0.2) is 206 Å². The van der Waals surface area contributed by atoms with Crippen LogP contribution in [0.15, 0.2) is 209 Å². The summed E-state index contributed by atoms with van der Waals surface area (Å²) in [7, 11) is 0. The van der Waals surface area contributed by atoms with Crippen molar-refractivity contribution < 1.29 is 35.9 Å². The summed E-state index contributed by atoms with van der Waals surface area (Å²) in [5.74, 6) is 0.110. The predicted molar refractivity (Wildman–Crippen MR) is 460 cm³/mol. The molecule has 0 aromatic heterocycles. The number of nitrogens with zero attached hydrogens (tertiary/aromatic N) is 10. The molecule has 18 nitrogen and oxygen atoms in total. The number of carbonyl (C=O) groups is 2. The number of nitrogens with two attached hydrogens (primary N) is 3. The highest BCUT2D eigenvalue weighted by Gasteiger charge is 2.36. The summed E-state index contributed by atoms with van der Waals surface area (Å²) in [5, 5.41) is 9.56. The van der Waals surface area contributed by atoms with Gasteiger partial charge in [0.15, 0.2) is 5.69 Å². The molecule has 0 spiro atoms. The molecule has 0 aliphatic carbocycles. The Morgan fingerprint density at radius 3 is 1.21 bits per heavy atom. The molecule has 0 unspecified atom stereocenters. The first-order chi connectivity index (χ1) is 56.4. The third-order valence-electron chi connectivity index (χ3n) is 22.3. The van der Waals surface area contributed by atoms with Gasteiger partial charge in [-0.05, 0) is 199 Å². The molecule has 16 rings (SSSR count). The van der Waals surface area contributed by atoms with Crippen molar-refractivity contribution in [2.45, 2.75) is 103 Å². The Hall–Kier alpha value is -7.99. The predicted octanol–water partition coefficient (Wildman–Crippen LogP) is 16.4. The van der Waals surface area contributed by atoms with E-state index in [9.17, 15) is 35.9 Å². The lowest BCUT2D eigenvalue weighted by atomic mass is 9.92. The fraction of sp³-hybridized carbons (Fsp3) is 0.420. The van der Waals surface area contributed by atoms with E-state index >= 15 is 0 Å². The van der Waals surface area contributed by atoms with Gasteiger partial charge >= 0.3 is 12.4 Å². The van der Waals surface area contributed by atoms with E-state index in [0.29, 0.717) is 41.6 Å². The highest BCUT2D eigenvalue weighted by Crippen LogP contribution is 2.54. The average molecular weight is 1660 g/mol. The lowest BCUT2D eigenvalue weighted by molar-refractivity contribution is -0.138. The van der Waals surface area contributed by atoms with Crippen LogP contribution < -0.4 is 52.8 Å². The second-order valence-electron chi connectivity index (χ2n) is 30.1. The van der Waals surface area contributed by atoms with Crippen molar-refractivity contribution in [2.24, 2.45) is 23.1 Å². The number of amides is 2. The van der Waals surface area contributed by atoms with Crippen LogP contribution in [0.3, 0.4) is 0 Å². The van der Waals surface area contributed by atoms with Gasteiger partial charge in [0, 0.05) is 181 Å². The van der Waals surface area contributed by atoms with E-state index < -0.39 is 23.5 Å². The molecule has 8 aliphatic heterocycles. The van der Waals surface area contributed by atoms with E-state index in [2.05, 4.69) is 119 Å². The number of para-hydroxylation sites is 4. The summed E-state index contributed by atoms with van der Waals surface area (Å²) >= 11 is 6.63. The van der Waals surface area contributed by atoms with Gasteiger partial charge in [0.1, 0.15) is 0 Å². The van der Waals surface area contributed by atoms with Crippen molar-refractivity contribution in [1.82, 2.24) is 40.4 Å². The SMILES string of the molecule is FC(F)(F)c1ccc2c(c1)N(CCCCN1CCNCC1)c1ccccc1S2.NC(=O)c1ccc2c(c1)N(CCCN1CCNCC1)c1ccccc1S2.NCC(=O)NCCN1CCC(CCCN2c3ccccc3Sc3ccc(C(F)(F)F)cc32)CC1.[C-]#[N+]c1ccc2c(c1)N(CCCN1CCN(CCN)CC1)c1ccccc1S2. The number of piperidine rings is 1. The zero-order valence-electron chi connectivity index (χ0n) is 65.7. The van der Waals surface area contributed by atoms with E-state index in [4.69, 9.17) is 23.8 Å². The monoisotopic (exact) mass is 1660 g/mol. The van der Waals surface area contributed by atoms with E-state index in [1.54, 1.807) is 47.4 Å². The number of hydrogen-bond donors (Lipinski definition) is 6. The molecule has 8 aromatic carbocycles. The number of rotatable bonds is 24. The van der Waals surface area contributed by atoms with Gasteiger partial charge in [-0.25, -0.2) is 4.85 Å². The zero-order chi connectivity index (χ0) is 81.0. The molecule has 116 heavy (non-hydrogen) atoms. The Kier molecular flexibility index (Phi) is 30.8. The van der Waals surface area contributed by atoms with E-state index in [1.165, 1.54) is 72.7 Å². The minimum atomic E-state index is -4.36. The van der Waals surface area contributed by atoms with Gasteiger partial charge in [-0.1, -0.05) is 108 Å². The van der Waals surface area contributed by atoms with Gasteiger partial charge in [0.2, 0.25) is 11.8 Å². The first kappa shape index (κ1) is 85.9. The smallest absolute Gasteiger partial charge is 0.366 e. The third-order valence-corrected chi connectivity index (χ3v) is 26.9. The first-order valence-electron chi connectivity index (χ1n) is 40.6. The maximum Gasteiger partial charge on any atom is 0.416 e. The van der Waals surface area contributed by atoms with Crippen LogP contribution in [-0.2, 0) is 17.1 Å². The number of likely N-dealkylation sites (tertiary alicyclic amines) is 1. The second kappa shape index (κ2) is 41.6. The standard InChI is InChI=1S/C25H31F3N4OS.C22H27N5S.C21H24F3N3S.C20H24N4OS/c26-25(27,28)19-7-8-23-21(16-19)32(20-5-1-2-6-22(20)34-23)12-3-4-18-9-13-31(14-10-18)15-11-30-24(33)17-29;1-24-18-7-8-22-20(17-18)27(19-5-2-3-6-21(19)28-22)11-4-10-25-13-15-26(12-9-23)16-14-25;22-21(23,24)16-7-8-20-18(15-16)27(17-5-1-2-6-19(17)28-20)12-4-3-11-26-13-9-25-10-14-26;21-20(25)15-6-7-19-17(14-15)24(16-4-1-2-5-18(16)26-19)11-3-10-23-12-8-22-9-13-23/h1-2,5-8,16,18H,3-4,9-15,17,29H2,(H,30,33);2-3,5-8,17H,4,9-16,23H2;1-2,5-8,15,25H,3-4,9-14H2;1-2,4-7,14,22H,3,8-13H2,(H2,21,25). The van der Waals surface area contributed by atoms with Crippen molar-refractivity contribution in [3.8, 4) is 0 Å². The average Bonchev–Trinajstić information content (AvgIpc) is 0.782. The molecule has 616 valence electrons. The minimum Gasteiger partial charge on any atom is -0.366 e. The Balaban J connectivity index is 0.000000135. The number of primary amides is 1. The molecule has 0 radical (unpaired) electrons. The van der Waals surface area contributed by atoms with Crippen LogP contribution >= 0.6 is 47.0 Å². The Morgan fingerprint density at radius 1 is 0.414 bits per heavy atom. The number of anilines is 8. The fourth-order valence-electron chi connectivity index (χ4n) is 16.1. The fourth-order valence-corrected chi connectivity index (χ4v) is 20.4. The summed E-state index contributed by atoms with van der Waals surface area (Å²) in [4.78, 5) is 56.6. The lowest BCUT2D eigenvalue weighted by Crippen LogP contribution is -2.48. The number of piperazine rings is 3. The number of carbonyl (C=O) groups excluding carboxylic acids is 2. The van der Waals surface area contributed by atoms with Gasteiger partial charge in [-0.3, -0.25) is 14.5 Å². The highest BCUT2D eigenvalue weighted by atomic mass is 32.2. The number of benzene rings is 8. The van der Waals surface area contributed by atoms with Crippen LogP contribution in [0.25, 0.3) is 4.85 Å². The molecular weight excluding hydrogens is 1560 g/mol. The van der Waals surface area contributed by atoms with Crippen LogP contribution in [0.4, 0.5) is 77.5 Å². The Bertz CT molecular complexity index is 4620. The molecule has 28 heteroatoms. The molecule has 8 heterocycles. The van der Waals surface area contributed by atoms with Crippen LogP contribution in [0, 0.1) is 12.5 Å². The Morgan fingerprint density at radius 2 is 0.776 bits per heavy atom. The van der Waals surface area contributed by atoms with Gasteiger partial charge in [0.05, 0.1) is 64.1 Å². The molecule has 8 aromatic rings. The molecule has 0 saturated carbocycles. The molecular formula is C88H106F6N16O2S4. The van der Waals surface area contributed by atoms with Crippen LogP contribution in [0.1, 0.15) is 72.9 Å². The summed E-state index contributed by atoms with van der Waals surface area (Å²) in [6, 6.07) is 52.9. The number of nitrogens with one attached hydrogen (secondary N) is 3.